The van der Waals surface area contributed by atoms with Crippen molar-refractivity contribution in [2.75, 3.05) is 9.80 Å². The van der Waals surface area contributed by atoms with Crippen molar-refractivity contribution >= 4 is 121 Å². The molecule has 0 saturated heterocycles. The second-order valence-electron chi connectivity index (χ2n) is 25.8. The molecule has 3 heterocycles. The highest BCUT2D eigenvalue weighted by molar-refractivity contribution is 6.01. The number of hydrogen-bond donors (Lipinski definition) is 0. The highest BCUT2D eigenvalue weighted by Gasteiger charge is 2.44. The number of hydrogen-bond acceptors (Lipinski definition) is 2. The second-order valence-corrected chi connectivity index (χ2v) is 25.8. The number of nitrogens with zero attached hydrogens (tertiary/aromatic N) is 3. The Kier molecular flexibility index (Phi) is 10.6. The fourth-order valence-corrected chi connectivity index (χ4v) is 15.5. The minimum atomic E-state index is -0.236. The van der Waals surface area contributed by atoms with E-state index in [0.29, 0.717) is 0 Å². The van der Waals surface area contributed by atoms with Gasteiger partial charge < -0.3 is 14.4 Å². The summed E-state index contributed by atoms with van der Waals surface area (Å²) >= 11 is 0. The van der Waals surface area contributed by atoms with Gasteiger partial charge in [0.15, 0.2) is 0 Å². The smallest absolute Gasteiger partial charge is 0.0582 e. The van der Waals surface area contributed by atoms with Gasteiger partial charge in [0.25, 0.3) is 0 Å². The second kappa shape index (κ2) is 18.5. The molecule has 412 valence electrons. The maximum Gasteiger partial charge on any atom is 0.0582 e. The molecule has 0 fully saturated rings. The molecular weight excluding hydrogens is 1050 g/mol. The molecule has 0 radical (unpaired) electrons. The van der Waals surface area contributed by atoms with E-state index in [4.69, 9.17) is 0 Å². The first-order valence-electron chi connectivity index (χ1n) is 30.8. The van der Waals surface area contributed by atoms with Crippen LogP contribution < -0.4 is 20.4 Å². The summed E-state index contributed by atoms with van der Waals surface area (Å²) in [5.41, 5.74) is 18.7. The lowest BCUT2D eigenvalue weighted by Gasteiger charge is -2.43. The van der Waals surface area contributed by atoms with Crippen LogP contribution in [0.1, 0.15) is 62.3 Å². The van der Waals surface area contributed by atoms with E-state index in [1.165, 1.54) is 131 Å². The quantitative estimate of drug-likeness (QED) is 0.150. The Morgan fingerprint density at radius 1 is 0.333 bits per heavy atom. The van der Waals surface area contributed by atoms with Crippen molar-refractivity contribution in [3.63, 3.8) is 0 Å². The summed E-state index contributed by atoms with van der Waals surface area (Å²) in [7, 11) is 0. The zero-order chi connectivity index (χ0) is 57.9. The van der Waals surface area contributed by atoms with Crippen LogP contribution in [0.3, 0.4) is 0 Å². The Morgan fingerprint density at radius 2 is 0.724 bits per heavy atom. The van der Waals surface area contributed by atoms with Crippen molar-refractivity contribution in [2.24, 2.45) is 0 Å². The van der Waals surface area contributed by atoms with Gasteiger partial charge in [0.1, 0.15) is 0 Å². The molecule has 0 N–H and O–H groups in total. The third-order valence-corrected chi connectivity index (χ3v) is 20.1. The van der Waals surface area contributed by atoms with Crippen molar-refractivity contribution in [1.29, 1.82) is 0 Å². The molecule has 3 nitrogen and oxygen atoms in total. The molecule has 3 aliphatic rings. The van der Waals surface area contributed by atoms with E-state index in [0.717, 1.165) is 40.5 Å². The van der Waals surface area contributed by atoms with Crippen LogP contribution in [0, 0.1) is 0 Å². The van der Waals surface area contributed by atoms with Crippen LogP contribution in [0.15, 0.2) is 273 Å². The van der Waals surface area contributed by atoms with Crippen LogP contribution in [-0.2, 0) is 10.8 Å². The SMILES string of the molecule is CC1(C)C2=c3c(c4cc(-c5ccc6cc(N(c7ccc8ccccc8c7)c7ccc8ccccc8c7)ccc6c5)cc5c4n3-c3c1cccc3C5(C)C)=CC(c1ccc3cc(N(c4ccc5ccccc5c4)c4ccc5ccccc5c4)ccc3c1)C2. The van der Waals surface area contributed by atoms with Crippen LogP contribution in [-0.4, -0.2) is 4.57 Å². The molecule has 3 heteroatoms. The molecule has 1 atom stereocenters. The molecule has 87 heavy (non-hydrogen) atoms. The number of anilines is 6. The normalized spacial score (nSPS) is 15.2. The average molecular weight is 1110 g/mol. The molecule has 0 saturated carbocycles. The van der Waals surface area contributed by atoms with E-state index in [-0.39, 0.29) is 16.7 Å². The first kappa shape index (κ1) is 49.9. The van der Waals surface area contributed by atoms with Gasteiger partial charge in [-0.2, -0.15) is 0 Å². The number of aromatic nitrogens is 1. The Balaban J connectivity index is 0.762. The Bertz CT molecular complexity index is 5440. The van der Waals surface area contributed by atoms with E-state index >= 15 is 0 Å². The number of benzene rings is 14. The average Bonchev–Trinajstić information content (AvgIpc) is 1.58. The van der Waals surface area contributed by atoms with Crippen molar-refractivity contribution in [3.8, 4) is 16.8 Å². The lowest BCUT2D eigenvalue weighted by Crippen LogP contribution is -2.46. The van der Waals surface area contributed by atoms with Gasteiger partial charge in [0.05, 0.1) is 16.6 Å². The van der Waals surface area contributed by atoms with Gasteiger partial charge in [-0.1, -0.05) is 216 Å². The molecular formula is C84H61N3. The van der Waals surface area contributed by atoms with Gasteiger partial charge in [-0.05, 0) is 201 Å². The van der Waals surface area contributed by atoms with E-state index in [2.05, 4.69) is 321 Å². The molecule has 0 bridgehead atoms. The third-order valence-electron chi connectivity index (χ3n) is 20.1. The molecule has 1 unspecified atom stereocenters. The number of rotatable bonds is 8. The number of fused-ring (bicyclic) bond motifs is 7. The summed E-state index contributed by atoms with van der Waals surface area (Å²) in [4.78, 5) is 4.83. The predicted octanol–water partition coefficient (Wildman–Crippen LogP) is 21.2. The molecule has 15 aromatic rings. The van der Waals surface area contributed by atoms with E-state index < -0.39 is 0 Å². The fraction of sp³-hybridized carbons (Fsp3) is 0.0952. The highest BCUT2D eigenvalue weighted by Crippen LogP contribution is 2.53. The zero-order valence-electron chi connectivity index (χ0n) is 49.2. The summed E-state index contributed by atoms with van der Waals surface area (Å²) in [5, 5.41) is 18.9. The van der Waals surface area contributed by atoms with Gasteiger partial charge in [-0.15, -0.1) is 0 Å². The fourth-order valence-electron chi connectivity index (χ4n) is 15.5. The van der Waals surface area contributed by atoms with Crippen molar-refractivity contribution in [2.45, 2.75) is 50.9 Å². The van der Waals surface area contributed by atoms with E-state index in [1.807, 2.05) is 0 Å². The topological polar surface area (TPSA) is 11.4 Å². The lowest BCUT2D eigenvalue weighted by molar-refractivity contribution is 0.587. The zero-order valence-corrected chi connectivity index (χ0v) is 49.2. The molecule has 1 aliphatic carbocycles. The molecule has 14 aromatic carbocycles. The van der Waals surface area contributed by atoms with E-state index in [9.17, 15) is 0 Å². The maximum atomic E-state index is 2.70. The highest BCUT2D eigenvalue weighted by atomic mass is 15.1. The van der Waals surface area contributed by atoms with E-state index in [1.54, 1.807) is 0 Å². The van der Waals surface area contributed by atoms with Gasteiger partial charge in [-0.25, -0.2) is 0 Å². The Hall–Kier alpha value is -10.5. The minimum absolute atomic E-state index is 0.177. The first-order valence-corrected chi connectivity index (χ1v) is 30.8. The van der Waals surface area contributed by atoms with Crippen LogP contribution >= 0.6 is 0 Å². The summed E-state index contributed by atoms with van der Waals surface area (Å²) in [6.45, 7) is 9.89. The predicted molar refractivity (Wildman–Crippen MR) is 369 cm³/mol. The van der Waals surface area contributed by atoms with Crippen LogP contribution in [0.4, 0.5) is 34.1 Å². The molecule has 0 amide bonds. The number of para-hydroxylation sites is 1. The summed E-state index contributed by atoms with van der Waals surface area (Å²) in [6.07, 6.45) is 3.60. The molecule has 2 aliphatic heterocycles. The minimum Gasteiger partial charge on any atom is -0.310 e. The summed E-state index contributed by atoms with van der Waals surface area (Å²) in [5.74, 6) is 0.186. The van der Waals surface area contributed by atoms with Crippen LogP contribution in [0.5, 0.6) is 0 Å². The van der Waals surface area contributed by atoms with Gasteiger partial charge in [0.2, 0.25) is 0 Å². The van der Waals surface area contributed by atoms with Crippen LogP contribution in [0.25, 0.3) is 104 Å². The van der Waals surface area contributed by atoms with Crippen molar-refractivity contribution in [1.82, 2.24) is 4.57 Å². The Morgan fingerprint density at radius 3 is 1.21 bits per heavy atom. The van der Waals surface area contributed by atoms with Crippen molar-refractivity contribution in [3.05, 3.63) is 306 Å². The molecule has 18 rings (SSSR count). The lowest BCUT2D eigenvalue weighted by atomic mass is 9.66. The van der Waals surface area contributed by atoms with Gasteiger partial charge >= 0.3 is 0 Å². The summed E-state index contributed by atoms with van der Waals surface area (Å²) < 4.78 is 2.70. The largest absolute Gasteiger partial charge is 0.310 e. The summed E-state index contributed by atoms with van der Waals surface area (Å²) in [6, 6.07) is 103. The van der Waals surface area contributed by atoms with Gasteiger partial charge in [0, 0.05) is 61.5 Å². The van der Waals surface area contributed by atoms with Crippen LogP contribution in [0.2, 0.25) is 0 Å². The third kappa shape index (κ3) is 7.62. The molecule has 0 spiro atoms. The van der Waals surface area contributed by atoms with Gasteiger partial charge in [-0.3, -0.25) is 0 Å². The first-order chi connectivity index (χ1) is 42.6. The monoisotopic (exact) mass is 1110 g/mol. The van der Waals surface area contributed by atoms with Crippen molar-refractivity contribution < 1.29 is 0 Å². The molecule has 1 aromatic heterocycles. The standard InChI is InChI=1S/C84H61N3/c1-83(2)76-22-13-23-77-82(76)87-80-74(48-66(50-78(80)83)62-24-26-64-46-72(38-32-60(64)40-62)85(68-34-28-52-14-5-9-18-56(52)42-68)69-35-29-53-15-6-10-19-57(53)43-69)75-49-67(51-79(81(75)87)84(77,3)4)63-25-27-65-47-73(39-33-61(65)41-63)86(70-36-30-54-16-7-11-20-58(54)44-70)71-37-31-55-17-8-12-21-59(55)45-71/h5-50,67H,51H2,1-4H3. The maximum absolute atomic E-state index is 2.70. The Labute approximate surface area is 506 Å².